The molecule has 0 unspecified atom stereocenters. The van der Waals surface area contributed by atoms with Crippen molar-refractivity contribution in [3.8, 4) is 5.75 Å². The molecule has 5 nitrogen and oxygen atoms in total. The van der Waals surface area contributed by atoms with Gasteiger partial charge in [0.1, 0.15) is 12.4 Å². The molecule has 0 saturated heterocycles. The number of nitrogens with zero attached hydrogens (tertiary/aromatic N) is 1. The first-order chi connectivity index (χ1) is 12.0. The Kier molecular flexibility index (Phi) is 6.71. The van der Waals surface area contributed by atoms with Crippen molar-refractivity contribution in [1.29, 1.82) is 0 Å². The van der Waals surface area contributed by atoms with Crippen molar-refractivity contribution in [2.75, 3.05) is 32.1 Å². The number of hydrogen-bond acceptors (Lipinski definition) is 4. The van der Waals surface area contributed by atoms with Gasteiger partial charge < -0.3 is 10.1 Å². The average molecular weight is 340 g/mol. The zero-order chi connectivity index (χ0) is 18.2. The Labute approximate surface area is 148 Å². The van der Waals surface area contributed by atoms with Gasteiger partial charge in [-0.15, -0.1) is 0 Å². The van der Waals surface area contributed by atoms with E-state index in [1.807, 2.05) is 43.1 Å². The summed E-state index contributed by atoms with van der Waals surface area (Å²) in [5, 5.41) is 2.81. The number of carbonyl (C=O) groups is 2. The second-order valence-corrected chi connectivity index (χ2v) is 6.04. The van der Waals surface area contributed by atoms with Crippen molar-refractivity contribution in [1.82, 2.24) is 4.90 Å². The van der Waals surface area contributed by atoms with E-state index in [2.05, 4.69) is 5.32 Å². The van der Waals surface area contributed by atoms with Crippen molar-refractivity contribution < 1.29 is 14.3 Å². The summed E-state index contributed by atoms with van der Waals surface area (Å²) in [6, 6.07) is 14.8. The van der Waals surface area contributed by atoms with Gasteiger partial charge in [0.25, 0.3) is 0 Å². The Morgan fingerprint density at radius 1 is 1.12 bits per heavy atom. The third-order valence-corrected chi connectivity index (χ3v) is 3.79. The van der Waals surface area contributed by atoms with Gasteiger partial charge in [-0.1, -0.05) is 30.3 Å². The topological polar surface area (TPSA) is 58.6 Å². The predicted molar refractivity (Wildman–Crippen MR) is 99.2 cm³/mol. The molecule has 0 atom stereocenters. The molecule has 2 rings (SSSR count). The Hall–Kier alpha value is -2.66. The molecule has 0 saturated carbocycles. The van der Waals surface area contributed by atoms with E-state index in [1.165, 1.54) is 6.92 Å². The van der Waals surface area contributed by atoms with E-state index in [1.54, 1.807) is 24.3 Å². The van der Waals surface area contributed by atoms with Gasteiger partial charge in [0.15, 0.2) is 5.78 Å². The smallest absolute Gasteiger partial charge is 0.238 e. The van der Waals surface area contributed by atoms with Crippen molar-refractivity contribution in [3.63, 3.8) is 0 Å². The van der Waals surface area contributed by atoms with Crippen molar-refractivity contribution >= 4 is 17.4 Å². The molecule has 25 heavy (non-hydrogen) atoms. The van der Waals surface area contributed by atoms with Gasteiger partial charge in [-0.25, -0.2) is 0 Å². The number of amides is 1. The molecule has 5 heteroatoms. The molecule has 0 radical (unpaired) electrons. The first kappa shape index (κ1) is 18.7. The van der Waals surface area contributed by atoms with Crippen LogP contribution in [0.5, 0.6) is 5.75 Å². The van der Waals surface area contributed by atoms with Gasteiger partial charge in [0.05, 0.1) is 6.54 Å². The van der Waals surface area contributed by atoms with E-state index in [-0.39, 0.29) is 18.2 Å². The quantitative estimate of drug-likeness (QED) is 0.750. The van der Waals surface area contributed by atoms with Crippen LogP contribution in [-0.4, -0.2) is 43.3 Å². The molecule has 1 amide bonds. The van der Waals surface area contributed by atoms with Crippen LogP contribution >= 0.6 is 0 Å². The fourth-order valence-electron chi connectivity index (χ4n) is 2.37. The molecule has 0 fully saturated rings. The summed E-state index contributed by atoms with van der Waals surface area (Å²) in [5.41, 5.74) is 2.30. The van der Waals surface area contributed by atoms with Crippen LogP contribution in [0.4, 0.5) is 5.69 Å². The Bertz CT molecular complexity index is 743. The molecule has 0 spiro atoms. The van der Waals surface area contributed by atoms with Crippen LogP contribution in [0.2, 0.25) is 0 Å². The van der Waals surface area contributed by atoms with Crippen LogP contribution in [0.25, 0.3) is 0 Å². The zero-order valence-electron chi connectivity index (χ0n) is 14.9. The normalized spacial score (nSPS) is 10.6. The van der Waals surface area contributed by atoms with Crippen LogP contribution in [-0.2, 0) is 4.79 Å². The van der Waals surface area contributed by atoms with E-state index in [4.69, 9.17) is 4.74 Å². The zero-order valence-corrected chi connectivity index (χ0v) is 14.9. The summed E-state index contributed by atoms with van der Waals surface area (Å²) in [5.74, 6) is 0.710. The van der Waals surface area contributed by atoms with Gasteiger partial charge in [-0.05, 0) is 44.7 Å². The number of Topliss-reactive ketones (excluding diaryl/α,β-unsaturated/α-hetero) is 1. The predicted octanol–water partition coefficient (Wildman–Crippen LogP) is 3.15. The fourth-order valence-corrected chi connectivity index (χ4v) is 2.37. The van der Waals surface area contributed by atoms with Crippen molar-refractivity contribution in [2.24, 2.45) is 0 Å². The lowest BCUT2D eigenvalue weighted by molar-refractivity contribution is -0.117. The number of benzene rings is 2. The lowest BCUT2D eigenvalue weighted by Gasteiger charge is -2.17. The number of rotatable bonds is 8. The number of ketones is 1. The second kappa shape index (κ2) is 8.99. The van der Waals surface area contributed by atoms with Crippen LogP contribution in [0.15, 0.2) is 48.5 Å². The highest BCUT2D eigenvalue weighted by Crippen LogP contribution is 2.16. The van der Waals surface area contributed by atoms with E-state index in [0.717, 1.165) is 11.3 Å². The molecule has 2 aromatic rings. The van der Waals surface area contributed by atoms with E-state index in [9.17, 15) is 9.59 Å². The first-order valence-corrected chi connectivity index (χ1v) is 8.23. The number of aryl methyl sites for hydroxylation is 1. The maximum Gasteiger partial charge on any atom is 0.238 e. The van der Waals surface area contributed by atoms with Gasteiger partial charge in [0.2, 0.25) is 5.91 Å². The molecule has 0 aliphatic heterocycles. The summed E-state index contributed by atoms with van der Waals surface area (Å²) in [7, 11) is 1.87. The highest BCUT2D eigenvalue weighted by Gasteiger charge is 2.08. The number of likely N-dealkylation sites (N-methyl/N-ethyl adjacent to an activating group) is 1. The highest BCUT2D eigenvalue weighted by molar-refractivity contribution is 5.97. The molecule has 0 aromatic heterocycles. The lowest BCUT2D eigenvalue weighted by Crippen LogP contribution is -2.33. The number of anilines is 1. The van der Waals surface area contributed by atoms with E-state index >= 15 is 0 Å². The Morgan fingerprint density at radius 2 is 1.88 bits per heavy atom. The molecule has 0 aliphatic carbocycles. The lowest BCUT2D eigenvalue weighted by atomic mass is 10.1. The third kappa shape index (κ3) is 6.04. The summed E-state index contributed by atoms with van der Waals surface area (Å²) in [4.78, 5) is 25.4. The number of hydrogen-bond donors (Lipinski definition) is 1. The first-order valence-electron chi connectivity index (χ1n) is 8.23. The summed E-state index contributed by atoms with van der Waals surface area (Å²) >= 11 is 0. The monoisotopic (exact) mass is 340 g/mol. The van der Waals surface area contributed by atoms with Gasteiger partial charge in [0, 0.05) is 17.8 Å². The van der Waals surface area contributed by atoms with Crippen LogP contribution in [0.3, 0.4) is 0 Å². The number of nitrogens with one attached hydrogen (secondary N) is 1. The Morgan fingerprint density at radius 3 is 2.60 bits per heavy atom. The molecule has 1 N–H and O–H groups in total. The maximum atomic E-state index is 12.1. The van der Waals surface area contributed by atoms with Crippen LogP contribution in [0.1, 0.15) is 22.8 Å². The minimum absolute atomic E-state index is 0.0263. The minimum Gasteiger partial charge on any atom is -0.492 e. The maximum absolute atomic E-state index is 12.1. The molecular weight excluding hydrogens is 316 g/mol. The SMILES string of the molecule is CC(=O)c1cccc(NC(=O)CN(C)CCOc2ccccc2C)c1. The summed E-state index contributed by atoms with van der Waals surface area (Å²) in [6.45, 7) is 4.90. The van der Waals surface area contributed by atoms with Crippen molar-refractivity contribution in [3.05, 3.63) is 59.7 Å². The summed E-state index contributed by atoms with van der Waals surface area (Å²) < 4.78 is 5.74. The molecule has 2 aromatic carbocycles. The number of para-hydroxylation sites is 1. The molecule has 132 valence electrons. The average Bonchev–Trinajstić information content (AvgIpc) is 2.56. The van der Waals surface area contributed by atoms with Gasteiger partial charge in [-0.2, -0.15) is 0 Å². The molecular formula is C20H24N2O3. The minimum atomic E-state index is -0.126. The second-order valence-electron chi connectivity index (χ2n) is 6.04. The standard InChI is InChI=1S/C20H24N2O3/c1-15-7-4-5-10-19(15)25-12-11-22(3)14-20(24)21-18-9-6-8-17(13-18)16(2)23/h4-10,13H,11-12,14H2,1-3H3,(H,21,24). The molecule has 0 heterocycles. The van der Waals surface area contributed by atoms with E-state index in [0.29, 0.717) is 24.4 Å². The van der Waals surface area contributed by atoms with Gasteiger partial charge in [-0.3, -0.25) is 14.5 Å². The number of carbonyl (C=O) groups excluding carboxylic acids is 2. The molecule has 0 aliphatic rings. The summed E-state index contributed by atoms with van der Waals surface area (Å²) in [6.07, 6.45) is 0. The van der Waals surface area contributed by atoms with Gasteiger partial charge >= 0.3 is 0 Å². The fraction of sp³-hybridized carbons (Fsp3) is 0.300. The van der Waals surface area contributed by atoms with Crippen LogP contribution in [0, 0.1) is 6.92 Å². The highest BCUT2D eigenvalue weighted by atomic mass is 16.5. The van der Waals surface area contributed by atoms with Crippen LogP contribution < -0.4 is 10.1 Å². The number of ether oxygens (including phenoxy) is 1. The van der Waals surface area contributed by atoms with Crippen molar-refractivity contribution in [2.45, 2.75) is 13.8 Å². The van der Waals surface area contributed by atoms with E-state index < -0.39 is 0 Å². The third-order valence-electron chi connectivity index (χ3n) is 3.79. The largest absolute Gasteiger partial charge is 0.492 e. The Balaban J connectivity index is 1.77. The molecule has 0 bridgehead atoms.